The van der Waals surface area contributed by atoms with E-state index in [-0.39, 0.29) is 0 Å². The first-order valence-electron chi connectivity index (χ1n) is 6.72. The van der Waals surface area contributed by atoms with E-state index in [1.54, 1.807) is 0 Å². The molecule has 100 valence electrons. The molecule has 0 atom stereocenters. The number of benzene rings is 1. The molecule has 0 aliphatic rings. The van der Waals surface area contributed by atoms with Crippen molar-refractivity contribution in [2.75, 3.05) is 18.0 Å². The molecule has 19 heavy (non-hydrogen) atoms. The molecule has 1 aromatic heterocycles. The van der Waals surface area contributed by atoms with E-state index in [9.17, 15) is 4.79 Å². The lowest BCUT2D eigenvalue weighted by atomic mass is 10.0. The van der Waals surface area contributed by atoms with Crippen LogP contribution in [-0.2, 0) is 0 Å². The standard InChI is InChI=1S/C16H20N2O/c1-5-18(6-2)16-14(10-19)9-13-8-11(3)7-12(4)15(13)17-16/h7-10H,5-6H2,1-4H3. The number of pyridine rings is 1. The van der Waals surface area contributed by atoms with Crippen molar-refractivity contribution in [3.8, 4) is 0 Å². The van der Waals surface area contributed by atoms with Crippen LogP contribution in [0, 0.1) is 13.8 Å². The molecule has 0 saturated carbocycles. The van der Waals surface area contributed by atoms with Crippen LogP contribution in [0.15, 0.2) is 18.2 Å². The fourth-order valence-electron chi connectivity index (χ4n) is 2.52. The predicted octanol–water partition coefficient (Wildman–Crippen LogP) is 3.51. The summed E-state index contributed by atoms with van der Waals surface area (Å²) in [5.41, 5.74) is 4.00. The number of carbonyl (C=O) groups excluding carboxylic acids is 1. The molecule has 2 rings (SSSR count). The van der Waals surface area contributed by atoms with E-state index in [1.807, 2.05) is 6.07 Å². The Morgan fingerprint density at radius 2 is 1.84 bits per heavy atom. The third-order valence-corrected chi connectivity index (χ3v) is 3.45. The lowest BCUT2D eigenvalue weighted by molar-refractivity contribution is 0.112. The van der Waals surface area contributed by atoms with Gasteiger partial charge in [-0.2, -0.15) is 0 Å². The van der Waals surface area contributed by atoms with Crippen LogP contribution in [0.3, 0.4) is 0 Å². The summed E-state index contributed by atoms with van der Waals surface area (Å²) in [6, 6.07) is 6.15. The summed E-state index contributed by atoms with van der Waals surface area (Å²) in [6.07, 6.45) is 0.901. The number of fused-ring (bicyclic) bond motifs is 1. The highest BCUT2D eigenvalue weighted by molar-refractivity contribution is 5.93. The minimum Gasteiger partial charge on any atom is -0.357 e. The lowest BCUT2D eigenvalue weighted by Gasteiger charge is -2.22. The second kappa shape index (κ2) is 5.39. The third kappa shape index (κ3) is 2.46. The Morgan fingerprint density at radius 3 is 2.42 bits per heavy atom. The number of aryl methyl sites for hydroxylation is 2. The van der Waals surface area contributed by atoms with E-state index in [1.165, 1.54) is 5.56 Å². The highest BCUT2D eigenvalue weighted by Gasteiger charge is 2.12. The monoisotopic (exact) mass is 256 g/mol. The second-order valence-corrected chi connectivity index (χ2v) is 4.84. The van der Waals surface area contributed by atoms with Crippen LogP contribution in [0.25, 0.3) is 10.9 Å². The van der Waals surface area contributed by atoms with E-state index in [4.69, 9.17) is 4.98 Å². The summed E-state index contributed by atoms with van der Waals surface area (Å²) in [5.74, 6) is 0.791. The third-order valence-electron chi connectivity index (χ3n) is 3.45. The van der Waals surface area contributed by atoms with Gasteiger partial charge in [0.05, 0.1) is 11.1 Å². The summed E-state index contributed by atoms with van der Waals surface area (Å²) >= 11 is 0. The maximum absolute atomic E-state index is 11.3. The lowest BCUT2D eigenvalue weighted by Crippen LogP contribution is -2.24. The highest BCUT2D eigenvalue weighted by atomic mass is 16.1. The van der Waals surface area contributed by atoms with Gasteiger partial charge < -0.3 is 4.90 Å². The van der Waals surface area contributed by atoms with Gasteiger partial charge in [0.15, 0.2) is 6.29 Å². The minimum atomic E-state index is 0.668. The minimum absolute atomic E-state index is 0.668. The van der Waals surface area contributed by atoms with E-state index in [2.05, 4.69) is 44.7 Å². The molecule has 0 saturated heterocycles. The topological polar surface area (TPSA) is 33.2 Å². The van der Waals surface area contributed by atoms with Gasteiger partial charge in [0.25, 0.3) is 0 Å². The first-order valence-corrected chi connectivity index (χ1v) is 6.72. The molecule has 0 radical (unpaired) electrons. The Hall–Kier alpha value is -1.90. The normalized spacial score (nSPS) is 10.7. The van der Waals surface area contributed by atoms with E-state index < -0.39 is 0 Å². The summed E-state index contributed by atoms with van der Waals surface area (Å²) in [7, 11) is 0. The fraction of sp³-hybridized carbons (Fsp3) is 0.375. The van der Waals surface area contributed by atoms with Crippen LogP contribution in [0.2, 0.25) is 0 Å². The molecule has 0 aliphatic carbocycles. The van der Waals surface area contributed by atoms with Gasteiger partial charge in [-0.15, -0.1) is 0 Å². The highest BCUT2D eigenvalue weighted by Crippen LogP contribution is 2.25. The quantitative estimate of drug-likeness (QED) is 0.785. The van der Waals surface area contributed by atoms with Gasteiger partial charge in [-0.1, -0.05) is 11.6 Å². The summed E-state index contributed by atoms with van der Waals surface area (Å²) in [5, 5.41) is 1.04. The average Bonchev–Trinajstić information content (AvgIpc) is 2.39. The van der Waals surface area contributed by atoms with Crippen LogP contribution in [0.5, 0.6) is 0 Å². The number of anilines is 1. The van der Waals surface area contributed by atoms with Gasteiger partial charge >= 0.3 is 0 Å². The van der Waals surface area contributed by atoms with E-state index in [0.29, 0.717) is 5.56 Å². The fourth-order valence-corrected chi connectivity index (χ4v) is 2.52. The van der Waals surface area contributed by atoms with Crippen molar-refractivity contribution in [3.05, 3.63) is 34.9 Å². The van der Waals surface area contributed by atoms with E-state index in [0.717, 1.165) is 41.7 Å². The maximum Gasteiger partial charge on any atom is 0.153 e. The number of hydrogen-bond donors (Lipinski definition) is 0. The van der Waals surface area contributed by atoms with Gasteiger partial charge in [0.1, 0.15) is 5.82 Å². The maximum atomic E-state index is 11.3. The average molecular weight is 256 g/mol. The Labute approximate surface area is 114 Å². The Bertz CT molecular complexity index is 616. The first kappa shape index (κ1) is 13.5. The number of rotatable bonds is 4. The first-order chi connectivity index (χ1) is 9.10. The molecule has 0 fully saturated rings. The van der Waals surface area contributed by atoms with Crippen molar-refractivity contribution in [3.63, 3.8) is 0 Å². The van der Waals surface area contributed by atoms with Gasteiger partial charge in [0, 0.05) is 18.5 Å². The molecule has 1 aromatic carbocycles. The Kier molecular flexibility index (Phi) is 3.84. The van der Waals surface area contributed by atoms with Crippen molar-refractivity contribution >= 4 is 23.0 Å². The molecule has 0 bridgehead atoms. The van der Waals surface area contributed by atoms with Crippen molar-refractivity contribution in [1.29, 1.82) is 0 Å². The number of aldehydes is 1. The zero-order valence-electron chi connectivity index (χ0n) is 12.0. The Balaban J connectivity index is 2.74. The van der Waals surface area contributed by atoms with Crippen LogP contribution in [0.1, 0.15) is 35.3 Å². The molecular weight excluding hydrogens is 236 g/mol. The molecule has 1 heterocycles. The second-order valence-electron chi connectivity index (χ2n) is 4.84. The van der Waals surface area contributed by atoms with Gasteiger partial charge in [0.2, 0.25) is 0 Å². The van der Waals surface area contributed by atoms with Crippen molar-refractivity contribution < 1.29 is 4.79 Å². The SMILES string of the molecule is CCN(CC)c1nc2c(C)cc(C)cc2cc1C=O. The summed E-state index contributed by atoms with van der Waals surface area (Å²) < 4.78 is 0. The zero-order chi connectivity index (χ0) is 14.0. The van der Waals surface area contributed by atoms with Crippen LogP contribution >= 0.6 is 0 Å². The van der Waals surface area contributed by atoms with Crippen LogP contribution < -0.4 is 4.90 Å². The van der Waals surface area contributed by atoms with Gasteiger partial charge in [-0.3, -0.25) is 4.79 Å². The molecule has 3 heteroatoms. The zero-order valence-corrected chi connectivity index (χ0v) is 12.0. The summed E-state index contributed by atoms with van der Waals surface area (Å²) in [4.78, 5) is 18.1. The number of nitrogens with zero attached hydrogens (tertiary/aromatic N) is 2. The van der Waals surface area contributed by atoms with Crippen LogP contribution in [-0.4, -0.2) is 24.4 Å². The molecular formula is C16H20N2O. The molecule has 0 amide bonds. The molecule has 0 spiro atoms. The summed E-state index contributed by atoms with van der Waals surface area (Å²) in [6.45, 7) is 9.97. The largest absolute Gasteiger partial charge is 0.357 e. The number of aromatic nitrogens is 1. The van der Waals surface area contributed by atoms with Crippen molar-refractivity contribution in [1.82, 2.24) is 4.98 Å². The molecule has 0 aliphatic heterocycles. The van der Waals surface area contributed by atoms with Crippen molar-refractivity contribution in [2.45, 2.75) is 27.7 Å². The van der Waals surface area contributed by atoms with Crippen LogP contribution in [0.4, 0.5) is 5.82 Å². The van der Waals surface area contributed by atoms with E-state index >= 15 is 0 Å². The predicted molar refractivity (Wildman–Crippen MR) is 80.2 cm³/mol. The van der Waals surface area contributed by atoms with Gasteiger partial charge in [-0.05, 0) is 45.4 Å². The number of carbonyl (C=O) groups is 1. The molecule has 3 nitrogen and oxygen atoms in total. The van der Waals surface area contributed by atoms with Gasteiger partial charge in [-0.25, -0.2) is 4.98 Å². The molecule has 2 aromatic rings. The Morgan fingerprint density at radius 1 is 1.16 bits per heavy atom. The number of hydrogen-bond acceptors (Lipinski definition) is 3. The smallest absolute Gasteiger partial charge is 0.153 e. The molecule has 0 N–H and O–H groups in total. The molecule has 0 unspecified atom stereocenters. The van der Waals surface area contributed by atoms with Crippen molar-refractivity contribution in [2.24, 2.45) is 0 Å².